The number of amides is 1. The average Bonchev–Trinajstić information content (AvgIpc) is 3.31. The van der Waals surface area contributed by atoms with Gasteiger partial charge in [0.2, 0.25) is 0 Å². The lowest BCUT2D eigenvalue weighted by atomic mass is 10.1. The van der Waals surface area contributed by atoms with Crippen LogP contribution in [0.3, 0.4) is 0 Å². The number of nitrogens with zero attached hydrogens (tertiary/aromatic N) is 4. The van der Waals surface area contributed by atoms with Crippen LogP contribution < -0.4 is 5.32 Å². The lowest BCUT2D eigenvalue weighted by Gasteiger charge is -2.11. The van der Waals surface area contributed by atoms with E-state index in [0.717, 1.165) is 23.3 Å². The van der Waals surface area contributed by atoms with Gasteiger partial charge in [-0.15, -0.1) is 0 Å². The Morgan fingerprint density at radius 3 is 2.39 bits per heavy atom. The van der Waals surface area contributed by atoms with Gasteiger partial charge in [-0.25, -0.2) is 13.8 Å². The largest absolute Gasteiger partial charge is 0.405 e. The molecule has 0 radical (unpaired) electrons. The van der Waals surface area contributed by atoms with Crippen LogP contribution in [-0.2, 0) is 7.05 Å². The molecule has 0 atom stereocenters. The SMILES string of the molecule is Cn1cc(-c2ccn3c(-c4cc(F)c(C(=O)NCC(F)(F)F)c(F)c4)cnc3c2)cn1. The smallest absolute Gasteiger partial charge is 0.343 e. The van der Waals surface area contributed by atoms with Crippen molar-refractivity contribution in [3.63, 3.8) is 0 Å². The van der Waals surface area contributed by atoms with Crippen molar-refractivity contribution in [2.24, 2.45) is 7.05 Å². The third-order valence-corrected chi connectivity index (χ3v) is 4.57. The second-order valence-electron chi connectivity index (χ2n) is 6.80. The summed E-state index contributed by atoms with van der Waals surface area (Å²) in [5.74, 6) is -4.05. The van der Waals surface area contributed by atoms with Crippen molar-refractivity contribution in [3.05, 3.63) is 66.3 Å². The van der Waals surface area contributed by atoms with Crippen molar-refractivity contribution in [1.29, 1.82) is 0 Å². The first-order valence-electron chi connectivity index (χ1n) is 8.93. The summed E-state index contributed by atoms with van der Waals surface area (Å²) in [5.41, 5.74) is 1.54. The molecule has 0 bridgehead atoms. The molecule has 4 rings (SSSR count). The van der Waals surface area contributed by atoms with Crippen LogP contribution in [0.5, 0.6) is 0 Å². The lowest BCUT2D eigenvalue weighted by molar-refractivity contribution is -0.123. The minimum atomic E-state index is -4.70. The highest BCUT2D eigenvalue weighted by atomic mass is 19.4. The van der Waals surface area contributed by atoms with Crippen LogP contribution >= 0.6 is 0 Å². The molecule has 6 nitrogen and oxygen atoms in total. The number of fused-ring (bicyclic) bond motifs is 1. The number of imidazole rings is 1. The maximum Gasteiger partial charge on any atom is 0.405 e. The molecule has 0 aliphatic carbocycles. The number of aromatic nitrogens is 4. The molecule has 1 aromatic carbocycles. The number of aryl methyl sites for hydroxylation is 1. The molecule has 11 heteroatoms. The van der Waals surface area contributed by atoms with Gasteiger partial charge in [0, 0.05) is 30.6 Å². The number of hydrogen-bond donors (Lipinski definition) is 1. The number of hydrogen-bond acceptors (Lipinski definition) is 3. The summed E-state index contributed by atoms with van der Waals surface area (Å²) in [7, 11) is 1.78. The standard InChI is InChI=1S/C20H14F5N5O/c1-29-9-13(7-28-29)11-2-3-30-16(8-26-17(30)6-11)12-4-14(21)18(15(22)5-12)19(31)27-10-20(23,24)25/h2-9H,10H2,1H3,(H,27,31). The molecule has 0 spiro atoms. The Morgan fingerprint density at radius 2 is 1.77 bits per heavy atom. The molecule has 0 saturated carbocycles. The summed E-state index contributed by atoms with van der Waals surface area (Å²) in [6.45, 7) is -1.70. The highest BCUT2D eigenvalue weighted by Gasteiger charge is 2.29. The highest BCUT2D eigenvalue weighted by Crippen LogP contribution is 2.28. The molecule has 3 aromatic heterocycles. The molecule has 0 saturated heterocycles. The van der Waals surface area contributed by atoms with Gasteiger partial charge in [-0.3, -0.25) is 13.9 Å². The van der Waals surface area contributed by atoms with Crippen molar-refractivity contribution in [1.82, 2.24) is 24.5 Å². The van der Waals surface area contributed by atoms with Crippen molar-refractivity contribution < 1.29 is 26.7 Å². The predicted molar refractivity (Wildman–Crippen MR) is 101 cm³/mol. The van der Waals surface area contributed by atoms with E-state index in [9.17, 15) is 26.7 Å². The number of rotatable bonds is 4. The third-order valence-electron chi connectivity index (χ3n) is 4.57. The first-order valence-corrected chi connectivity index (χ1v) is 8.93. The molecular weight excluding hydrogens is 421 g/mol. The molecule has 0 fully saturated rings. The van der Waals surface area contributed by atoms with Crippen LogP contribution in [0.2, 0.25) is 0 Å². The maximum atomic E-state index is 14.4. The molecule has 0 aliphatic rings. The molecule has 160 valence electrons. The van der Waals surface area contributed by atoms with Crippen molar-refractivity contribution in [2.75, 3.05) is 6.54 Å². The van der Waals surface area contributed by atoms with Gasteiger partial charge in [0.15, 0.2) is 0 Å². The van der Waals surface area contributed by atoms with Crippen molar-refractivity contribution >= 4 is 11.6 Å². The number of halogens is 5. The lowest BCUT2D eigenvalue weighted by Crippen LogP contribution is -2.34. The normalized spacial score (nSPS) is 11.8. The molecule has 0 unspecified atom stereocenters. The van der Waals surface area contributed by atoms with Crippen LogP contribution in [-0.4, -0.2) is 37.8 Å². The van der Waals surface area contributed by atoms with Gasteiger partial charge in [0.1, 0.15) is 29.4 Å². The highest BCUT2D eigenvalue weighted by molar-refractivity contribution is 5.95. The second-order valence-corrected chi connectivity index (χ2v) is 6.80. The van der Waals surface area contributed by atoms with E-state index < -0.39 is 35.8 Å². The molecule has 3 heterocycles. The minimum Gasteiger partial charge on any atom is -0.343 e. The van der Waals surface area contributed by atoms with Gasteiger partial charge in [0.05, 0.1) is 18.1 Å². The van der Waals surface area contributed by atoms with E-state index in [1.165, 1.54) is 11.5 Å². The molecule has 1 N–H and O–H groups in total. The van der Waals surface area contributed by atoms with E-state index in [2.05, 4.69) is 10.1 Å². The van der Waals surface area contributed by atoms with E-state index in [4.69, 9.17) is 0 Å². The number of carbonyl (C=O) groups is 1. The summed E-state index contributed by atoms with van der Waals surface area (Å²) in [6, 6.07) is 5.31. The minimum absolute atomic E-state index is 0.0731. The monoisotopic (exact) mass is 435 g/mol. The van der Waals surface area contributed by atoms with Crippen molar-refractivity contribution in [3.8, 4) is 22.4 Å². The summed E-state index contributed by atoms with van der Waals surface area (Å²) in [5, 5.41) is 5.56. The molecule has 1 amide bonds. The fourth-order valence-electron chi connectivity index (χ4n) is 3.15. The summed E-state index contributed by atoms with van der Waals surface area (Å²) in [6.07, 6.45) is 1.87. The van der Waals surface area contributed by atoms with Gasteiger partial charge < -0.3 is 5.32 Å². The third kappa shape index (κ3) is 4.11. The Kier molecular flexibility index (Phi) is 4.96. The number of benzene rings is 1. The van der Waals surface area contributed by atoms with Crippen LogP contribution in [0, 0.1) is 11.6 Å². The Balaban J connectivity index is 1.67. The first kappa shape index (κ1) is 20.5. The van der Waals surface area contributed by atoms with Crippen LogP contribution in [0.25, 0.3) is 28.0 Å². The van der Waals surface area contributed by atoms with Gasteiger partial charge in [-0.1, -0.05) is 0 Å². The summed E-state index contributed by atoms with van der Waals surface area (Å²) >= 11 is 0. The predicted octanol–water partition coefficient (Wildman–Crippen LogP) is 3.97. The fourth-order valence-corrected chi connectivity index (χ4v) is 3.15. The Labute approximate surface area is 171 Å². The molecule has 31 heavy (non-hydrogen) atoms. The van der Waals surface area contributed by atoms with Crippen LogP contribution in [0.1, 0.15) is 10.4 Å². The topological polar surface area (TPSA) is 64.2 Å². The van der Waals surface area contributed by atoms with E-state index >= 15 is 0 Å². The van der Waals surface area contributed by atoms with E-state index in [0.29, 0.717) is 11.3 Å². The number of carbonyl (C=O) groups excluding carboxylic acids is 1. The molecule has 0 aliphatic heterocycles. The Bertz CT molecular complexity index is 1270. The van der Waals surface area contributed by atoms with Gasteiger partial charge in [0.25, 0.3) is 5.91 Å². The zero-order valence-corrected chi connectivity index (χ0v) is 15.9. The fraction of sp³-hybridized carbons (Fsp3) is 0.150. The van der Waals surface area contributed by atoms with Crippen LogP contribution in [0.15, 0.2) is 49.1 Å². The number of pyridine rings is 1. The quantitative estimate of drug-likeness (QED) is 0.494. The zero-order valence-electron chi connectivity index (χ0n) is 15.9. The molecule has 4 aromatic rings. The van der Waals surface area contributed by atoms with Gasteiger partial charge >= 0.3 is 6.18 Å². The average molecular weight is 435 g/mol. The maximum absolute atomic E-state index is 14.4. The zero-order chi connectivity index (χ0) is 22.3. The first-order chi connectivity index (χ1) is 14.6. The van der Waals surface area contributed by atoms with Crippen molar-refractivity contribution in [2.45, 2.75) is 6.18 Å². The summed E-state index contributed by atoms with van der Waals surface area (Å²) < 4.78 is 68.9. The molecular formula is C20H14F5N5O. The van der Waals surface area contributed by atoms with Gasteiger partial charge in [-0.05, 0) is 29.8 Å². The van der Waals surface area contributed by atoms with E-state index in [1.807, 2.05) is 6.20 Å². The van der Waals surface area contributed by atoms with E-state index in [1.54, 1.807) is 40.7 Å². The Hall–Kier alpha value is -3.76. The number of nitrogens with one attached hydrogen (secondary N) is 1. The second kappa shape index (κ2) is 7.49. The summed E-state index contributed by atoms with van der Waals surface area (Å²) in [4.78, 5) is 16.0. The van der Waals surface area contributed by atoms with Crippen LogP contribution in [0.4, 0.5) is 22.0 Å². The van der Waals surface area contributed by atoms with E-state index in [-0.39, 0.29) is 5.56 Å². The van der Waals surface area contributed by atoms with Gasteiger partial charge in [-0.2, -0.15) is 18.3 Å². The number of alkyl halides is 3. The Morgan fingerprint density at radius 1 is 1.06 bits per heavy atom.